The molecule has 0 saturated heterocycles. The Kier molecular flexibility index (Phi) is 2.74. The number of phenols is 1. The smallest absolute Gasteiger partial charge is 0.149 e. The first-order chi connectivity index (χ1) is 7.25. The molecule has 0 aliphatic carbocycles. The van der Waals surface area contributed by atoms with Gasteiger partial charge < -0.3 is 9.84 Å². The molecule has 0 fully saturated rings. The molecule has 0 bridgehead atoms. The zero-order valence-corrected chi connectivity index (χ0v) is 8.48. The molecule has 0 unspecified atom stereocenters. The predicted molar refractivity (Wildman–Crippen MR) is 57.4 cm³/mol. The number of benzene rings is 1. The van der Waals surface area contributed by atoms with Crippen LogP contribution in [0.15, 0.2) is 42.7 Å². The van der Waals surface area contributed by atoms with Gasteiger partial charge in [0, 0.05) is 18.5 Å². The van der Waals surface area contributed by atoms with Gasteiger partial charge in [-0.2, -0.15) is 0 Å². The van der Waals surface area contributed by atoms with Crippen LogP contribution in [-0.2, 0) is 0 Å². The monoisotopic (exact) mass is 221 g/mol. The Morgan fingerprint density at radius 3 is 2.53 bits per heavy atom. The maximum Gasteiger partial charge on any atom is 0.149 e. The Labute approximate surface area is 91.9 Å². The molecule has 4 heteroatoms. The van der Waals surface area contributed by atoms with Gasteiger partial charge in [0.15, 0.2) is 0 Å². The topological polar surface area (TPSA) is 42.4 Å². The van der Waals surface area contributed by atoms with Crippen molar-refractivity contribution in [3.8, 4) is 17.2 Å². The van der Waals surface area contributed by atoms with E-state index in [1.54, 1.807) is 36.5 Å². The highest BCUT2D eigenvalue weighted by atomic mass is 35.5. The molecule has 1 N–H and O–H groups in total. The maximum absolute atomic E-state index is 9.09. The fourth-order valence-corrected chi connectivity index (χ4v) is 1.24. The summed E-state index contributed by atoms with van der Waals surface area (Å²) in [6.07, 6.45) is 3.11. The van der Waals surface area contributed by atoms with E-state index >= 15 is 0 Å². The van der Waals surface area contributed by atoms with E-state index in [1.165, 1.54) is 6.20 Å². The van der Waals surface area contributed by atoms with Gasteiger partial charge in [0.2, 0.25) is 0 Å². The molecule has 0 aliphatic heterocycles. The zero-order valence-electron chi connectivity index (χ0n) is 7.72. The van der Waals surface area contributed by atoms with Gasteiger partial charge >= 0.3 is 0 Å². The lowest BCUT2D eigenvalue weighted by Crippen LogP contribution is -1.85. The van der Waals surface area contributed by atoms with E-state index in [2.05, 4.69) is 4.98 Å². The average molecular weight is 222 g/mol. The average Bonchev–Trinajstić information content (AvgIpc) is 2.25. The largest absolute Gasteiger partial charge is 0.508 e. The van der Waals surface area contributed by atoms with Gasteiger partial charge in [0.25, 0.3) is 0 Å². The molecule has 0 aliphatic rings. The summed E-state index contributed by atoms with van der Waals surface area (Å²) in [4.78, 5) is 3.85. The molecule has 1 aromatic heterocycles. The minimum Gasteiger partial charge on any atom is -0.508 e. The van der Waals surface area contributed by atoms with E-state index < -0.39 is 0 Å². The molecular weight excluding hydrogens is 214 g/mol. The highest BCUT2D eigenvalue weighted by molar-refractivity contribution is 6.31. The first kappa shape index (κ1) is 9.80. The summed E-state index contributed by atoms with van der Waals surface area (Å²) in [6, 6.07) is 8.09. The molecule has 3 nitrogen and oxygen atoms in total. The number of ether oxygens (including phenoxy) is 1. The Bertz CT molecular complexity index is 456. The van der Waals surface area contributed by atoms with E-state index in [0.717, 1.165) is 0 Å². The standard InChI is InChI=1S/C11H8ClNO2/c12-10-7-13-6-5-11(10)15-9-3-1-8(14)2-4-9/h1-7,14H. The molecule has 0 atom stereocenters. The summed E-state index contributed by atoms with van der Waals surface area (Å²) in [5, 5.41) is 9.54. The number of halogens is 1. The van der Waals surface area contributed by atoms with Crippen molar-refractivity contribution in [3.05, 3.63) is 47.7 Å². The lowest BCUT2D eigenvalue weighted by molar-refractivity contribution is 0.464. The van der Waals surface area contributed by atoms with Crippen LogP contribution in [0.25, 0.3) is 0 Å². The summed E-state index contributed by atoms with van der Waals surface area (Å²) in [7, 11) is 0. The number of nitrogens with zero attached hydrogens (tertiary/aromatic N) is 1. The summed E-state index contributed by atoms with van der Waals surface area (Å²) < 4.78 is 5.48. The number of rotatable bonds is 2. The van der Waals surface area contributed by atoms with Crippen LogP contribution in [-0.4, -0.2) is 10.1 Å². The maximum atomic E-state index is 9.09. The van der Waals surface area contributed by atoms with Crippen LogP contribution in [0.5, 0.6) is 17.2 Å². The quantitative estimate of drug-likeness (QED) is 0.847. The van der Waals surface area contributed by atoms with Crippen molar-refractivity contribution < 1.29 is 9.84 Å². The first-order valence-corrected chi connectivity index (χ1v) is 4.70. The molecule has 0 amide bonds. The minimum atomic E-state index is 0.197. The van der Waals surface area contributed by atoms with Crippen molar-refractivity contribution in [2.75, 3.05) is 0 Å². The Morgan fingerprint density at radius 2 is 1.87 bits per heavy atom. The van der Waals surface area contributed by atoms with E-state index in [-0.39, 0.29) is 5.75 Å². The normalized spacial score (nSPS) is 9.93. The van der Waals surface area contributed by atoms with E-state index in [0.29, 0.717) is 16.5 Å². The lowest BCUT2D eigenvalue weighted by Gasteiger charge is -2.06. The third kappa shape index (κ3) is 2.39. The number of aromatic nitrogens is 1. The van der Waals surface area contributed by atoms with Gasteiger partial charge in [-0.05, 0) is 24.3 Å². The molecule has 2 aromatic rings. The van der Waals surface area contributed by atoms with Crippen LogP contribution in [0.3, 0.4) is 0 Å². The second-order valence-corrected chi connectivity index (χ2v) is 3.31. The summed E-state index contributed by atoms with van der Waals surface area (Å²) in [6.45, 7) is 0. The van der Waals surface area contributed by atoms with Gasteiger partial charge in [-0.25, -0.2) is 0 Å². The second kappa shape index (κ2) is 4.19. The van der Waals surface area contributed by atoms with Crippen LogP contribution in [0.1, 0.15) is 0 Å². The fourth-order valence-electron chi connectivity index (χ4n) is 1.09. The number of hydrogen-bond donors (Lipinski definition) is 1. The van der Waals surface area contributed by atoms with E-state index in [1.807, 2.05) is 0 Å². The first-order valence-electron chi connectivity index (χ1n) is 4.32. The van der Waals surface area contributed by atoms with Crippen LogP contribution < -0.4 is 4.74 Å². The second-order valence-electron chi connectivity index (χ2n) is 2.90. The van der Waals surface area contributed by atoms with Gasteiger partial charge in [-0.1, -0.05) is 11.6 Å². The Morgan fingerprint density at radius 1 is 1.13 bits per heavy atom. The third-order valence-electron chi connectivity index (χ3n) is 1.80. The third-order valence-corrected chi connectivity index (χ3v) is 2.08. The highest BCUT2D eigenvalue weighted by Gasteiger charge is 2.01. The number of phenolic OH excluding ortho intramolecular Hbond substituents is 1. The van der Waals surface area contributed by atoms with Crippen molar-refractivity contribution in [2.45, 2.75) is 0 Å². The summed E-state index contributed by atoms with van der Waals surface area (Å²) in [5.41, 5.74) is 0. The molecule has 15 heavy (non-hydrogen) atoms. The molecule has 0 radical (unpaired) electrons. The van der Waals surface area contributed by atoms with Gasteiger partial charge in [0.1, 0.15) is 22.3 Å². The number of pyridine rings is 1. The van der Waals surface area contributed by atoms with Gasteiger partial charge in [-0.15, -0.1) is 0 Å². The van der Waals surface area contributed by atoms with Crippen LogP contribution >= 0.6 is 11.6 Å². The van der Waals surface area contributed by atoms with E-state index in [4.69, 9.17) is 21.4 Å². The van der Waals surface area contributed by atoms with Crippen molar-refractivity contribution in [3.63, 3.8) is 0 Å². The fraction of sp³-hybridized carbons (Fsp3) is 0. The molecule has 0 saturated carbocycles. The van der Waals surface area contributed by atoms with Crippen LogP contribution in [0.4, 0.5) is 0 Å². The SMILES string of the molecule is Oc1ccc(Oc2ccncc2Cl)cc1. The predicted octanol–water partition coefficient (Wildman–Crippen LogP) is 3.23. The van der Waals surface area contributed by atoms with E-state index in [9.17, 15) is 0 Å². The zero-order chi connectivity index (χ0) is 10.7. The lowest BCUT2D eigenvalue weighted by atomic mass is 10.3. The number of hydrogen-bond acceptors (Lipinski definition) is 3. The summed E-state index contributed by atoms with van der Waals surface area (Å²) >= 11 is 5.87. The van der Waals surface area contributed by atoms with Crippen molar-refractivity contribution in [1.29, 1.82) is 0 Å². The van der Waals surface area contributed by atoms with Gasteiger partial charge in [0.05, 0.1) is 0 Å². The van der Waals surface area contributed by atoms with Crippen LogP contribution in [0.2, 0.25) is 5.02 Å². The minimum absolute atomic E-state index is 0.197. The highest BCUT2D eigenvalue weighted by Crippen LogP contribution is 2.28. The summed E-state index contributed by atoms with van der Waals surface area (Å²) in [5.74, 6) is 1.35. The number of aromatic hydroxyl groups is 1. The molecule has 1 aromatic carbocycles. The van der Waals surface area contributed by atoms with Gasteiger partial charge in [-0.3, -0.25) is 4.98 Å². The Hall–Kier alpha value is -1.74. The van der Waals surface area contributed by atoms with Crippen LogP contribution in [0, 0.1) is 0 Å². The van der Waals surface area contributed by atoms with Crippen molar-refractivity contribution >= 4 is 11.6 Å². The van der Waals surface area contributed by atoms with Crippen molar-refractivity contribution in [2.24, 2.45) is 0 Å². The molecule has 0 spiro atoms. The molecular formula is C11H8ClNO2. The Balaban J connectivity index is 2.22. The molecule has 76 valence electrons. The molecule has 2 rings (SSSR count). The van der Waals surface area contributed by atoms with Crippen molar-refractivity contribution in [1.82, 2.24) is 4.98 Å². The molecule has 1 heterocycles.